The van der Waals surface area contributed by atoms with Crippen LogP contribution in [0.4, 0.5) is 8.78 Å². The molecular weight excluding hydrogens is 280 g/mol. The van der Waals surface area contributed by atoms with Gasteiger partial charge in [-0.2, -0.15) is 0 Å². The Bertz CT molecular complexity index is 574. The second-order valence-corrected chi connectivity index (χ2v) is 5.85. The Hall–Kier alpha value is -1.54. The highest BCUT2D eigenvalue weighted by Gasteiger charge is 2.18. The van der Waals surface area contributed by atoms with Gasteiger partial charge in [0.2, 0.25) is 10.0 Å². The first-order valence-corrected chi connectivity index (χ1v) is 7.03. The van der Waals surface area contributed by atoms with Crippen LogP contribution in [0.1, 0.15) is 24.9 Å². The van der Waals surface area contributed by atoms with Crippen molar-refractivity contribution in [3.63, 3.8) is 0 Å². The first-order valence-electron chi connectivity index (χ1n) is 5.38. The van der Waals surface area contributed by atoms with Crippen molar-refractivity contribution in [1.29, 1.82) is 0 Å². The smallest absolute Gasteiger partial charge is 0.304 e. The van der Waals surface area contributed by atoms with E-state index in [-0.39, 0.29) is 5.56 Å². The number of hydrogen-bond donors (Lipinski definition) is 2. The maximum atomic E-state index is 13.0. The van der Waals surface area contributed by atoms with E-state index in [0.717, 1.165) is 12.1 Å². The average Bonchev–Trinajstić information content (AvgIpc) is 2.29. The van der Waals surface area contributed by atoms with E-state index in [0.29, 0.717) is 0 Å². The van der Waals surface area contributed by atoms with Gasteiger partial charge in [0.25, 0.3) is 0 Å². The maximum Gasteiger partial charge on any atom is 0.304 e. The van der Waals surface area contributed by atoms with Gasteiger partial charge in [0.05, 0.1) is 12.2 Å². The molecule has 0 spiro atoms. The summed E-state index contributed by atoms with van der Waals surface area (Å²) in [4.78, 5) is 10.3. The Morgan fingerprint density at radius 1 is 1.37 bits per heavy atom. The van der Waals surface area contributed by atoms with Crippen molar-refractivity contribution in [2.75, 3.05) is 5.75 Å². The van der Waals surface area contributed by atoms with E-state index in [1.165, 1.54) is 13.0 Å². The molecule has 0 aromatic heterocycles. The summed E-state index contributed by atoms with van der Waals surface area (Å²) in [5.74, 6) is -3.90. The van der Waals surface area contributed by atoms with Crippen molar-refractivity contribution in [1.82, 2.24) is 4.72 Å². The van der Waals surface area contributed by atoms with E-state index in [1.807, 2.05) is 0 Å². The number of aliphatic carboxylic acids is 1. The lowest BCUT2D eigenvalue weighted by molar-refractivity contribution is -0.136. The third kappa shape index (κ3) is 4.92. The molecular formula is C11H13F2NO4S. The van der Waals surface area contributed by atoms with Gasteiger partial charge in [-0.05, 0) is 24.6 Å². The van der Waals surface area contributed by atoms with Crippen LogP contribution in [0.25, 0.3) is 0 Å². The summed E-state index contributed by atoms with van der Waals surface area (Å²) in [6.07, 6.45) is -0.528. The molecule has 8 heteroatoms. The van der Waals surface area contributed by atoms with Crippen molar-refractivity contribution in [2.24, 2.45) is 0 Å². The van der Waals surface area contributed by atoms with E-state index < -0.39 is 45.8 Å². The number of carboxylic acid groups (broad SMARTS) is 1. The average molecular weight is 293 g/mol. The van der Waals surface area contributed by atoms with Crippen molar-refractivity contribution in [3.05, 3.63) is 35.4 Å². The minimum absolute atomic E-state index is 0.248. The number of nitrogens with one attached hydrogen (secondary N) is 1. The van der Waals surface area contributed by atoms with E-state index in [2.05, 4.69) is 4.72 Å². The SMILES string of the molecule is CC(NS(=O)(=O)CCC(=O)O)c1ccc(F)c(F)c1. The molecule has 0 bridgehead atoms. The Morgan fingerprint density at radius 3 is 2.53 bits per heavy atom. The third-order valence-electron chi connectivity index (χ3n) is 2.38. The summed E-state index contributed by atoms with van der Waals surface area (Å²) in [5.41, 5.74) is 0.248. The highest BCUT2D eigenvalue weighted by atomic mass is 32.2. The maximum absolute atomic E-state index is 13.0. The molecule has 0 aliphatic carbocycles. The molecule has 1 rings (SSSR count). The highest BCUT2D eigenvalue weighted by molar-refractivity contribution is 7.89. The molecule has 0 fully saturated rings. The topological polar surface area (TPSA) is 83.5 Å². The van der Waals surface area contributed by atoms with Crippen LogP contribution in [-0.4, -0.2) is 25.2 Å². The van der Waals surface area contributed by atoms with Gasteiger partial charge < -0.3 is 5.11 Å². The fraction of sp³-hybridized carbons (Fsp3) is 0.364. The summed E-state index contributed by atoms with van der Waals surface area (Å²) in [5, 5.41) is 8.41. The first kappa shape index (κ1) is 15.5. The molecule has 0 radical (unpaired) electrons. The molecule has 106 valence electrons. The lowest BCUT2D eigenvalue weighted by atomic mass is 10.1. The Labute approximate surface area is 109 Å². The molecule has 0 amide bonds. The summed E-state index contributed by atoms with van der Waals surface area (Å²) in [7, 11) is -3.79. The van der Waals surface area contributed by atoms with Crippen molar-refractivity contribution in [2.45, 2.75) is 19.4 Å². The molecule has 0 saturated carbocycles. The normalized spacial score (nSPS) is 13.2. The Morgan fingerprint density at radius 2 is 2.00 bits per heavy atom. The monoisotopic (exact) mass is 293 g/mol. The number of carbonyl (C=O) groups is 1. The Kier molecular flexibility index (Phi) is 4.96. The second kappa shape index (κ2) is 6.07. The van der Waals surface area contributed by atoms with Crippen molar-refractivity contribution >= 4 is 16.0 Å². The number of benzene rings is 1. The molecule has 19 heavy (non-hydrogen) atoms. The van der Waals surface area contributed by atoms with Gasteiger partial charge in [0, 0.05) is 6.04 Å². The molecule has 1 aromatic rings. The highest BCUT2D eigenvalue weighted by Crippen LogP contribution is 2.16. The molecule has 0 aliphatic heterocycles. The molecule has 2 N–H and O–H groups in total. The van der Waals surface area contributed by atoms with E-state index >= 15 is 0 Å². The first-order chi connectivity index (χ1) is 8.71. The fourth-order valence-corrected chi connectivity index (χ4v) is 2.64. The van der Waals surface area contributed by atoms with Gasteiger partial charge in [-0.15, -0.1) is 0 Å². The molecule has 0 heterocycles. The quantitative estimate of drug-likeness (QED) is 0.831. The van der Waals surface area contributed by atoms with E-state index in [4.69, 9.17) is 5.11 Å². The van der Waals surface area contributed by atoms with Crippen LogP contribution in [-0.2, 0) is 14.8 Å². The number of sulfonamides is 1. The lowest BCUT2D eigenvalue weighted by Gasteiger charge is -2.14. The van der Waals surface area contributed by atoms with Crippen LogP contribution in [0.3, 0.4) is 0 Å². The van der Waals surface area contributed by atoms with Crippen molar-refractivity contribution in [3.8, 4) is 0 Å². The van der Waals surface area contributed by atoms with E-state index in [1.54, 1.807) is 0 Å². The van der Waals surface area contributed by atoms with Crippen LogP contribution >= 0.6 is 0 Å². The van der Waals surface area contributed by atoms with Crippen LogP contribution in [0, 0.1) is 11.6 Å². The summed E-state index contributed by atoms with van der Waals surface area (Å²) in [6, 6.07) is 2.25. The summed E-state index contributed by atoms with van der Waals surface area (Å²) in [6.45, 7) is 1.45. The molecule has 0 aliphatic rings. The van der Waals surface area contributed by atoms with Crippen LogP contribution in [0.15, 0.2) is 18.2 Å². The van der Waals surface area contributed by atoms with Gasteiger partial charge >= 0.3 is 5.97 Å². The minimum Gasteiger partial charge on any atom is -0.481 e. The van der Waals surface area contributed by atoms with Gasteiger partial charge in [-0.1, -0.05) is 6.07 Å². The predicted octanol–water partition coefficient (Wildman–Crippen LogP) is 1.42. The van der Waals surface area contributed by atoms with Gasteiger partial charge in [-0.3, -0.25) is 4.79 Å². The number of hydrogen-bond acceptors (Lipinski definition) is 3. The fourth-order valence-electron chi connectivity index (χ4n) is 1.40. The largest absolute Gasteiger partial charge is 0.481 e. The lowest BCUT2D eigenvalue weighted by Crippen LogP contribution is -2.30. The summed E-state index contributed by atoms with van der Waals surface area (Å²) >= 11 is 0. The van der Waals surface area contributed by atoms with Crippen LogP contribution in [0.2, 0.25) is 0 Å². The number of halogens is 2. The number of carboxylic acids is 1. The zero-order valence-electron chi connectivity index (χ0n) is 10.1. The molecule has 0 saturated heterocycles. The van der Waals surface area contributed by atoms with Gasteiger partial charge in [0.1, 0.15) is 0 Å². The predicted molar refractivity (Wildman–Crippen MR) is 63.9 cm³/mol. The van der Waals surface area contributed by atoms with Gasteiger partial charge in [-0.25, -0.2) is 21.9 Å². The molecule has 5 nitrogen and oxygen atoms in total. The summed E-state index contributed by atoms with van der Waals surface area (Å²) < 4.78 is 51.0. The number of rotatable bonds is 6. The molecule has 1 unspecified atom stereocenters. The van der Waals surface area contributed by atoms with Crippen LogP contribution < -0.4 is 4.72 Å². The third-order valence-corrected chi connectivity index (χ3v) is 3.84. The zero-order chi connectivity index (χ0) is 14.6. The standard InChI is InChI=1S/C11H13F2NO4S/c1-7(8-2-3-9(12)10(13)6-8)14-19(17,18)5-4-11(15)16/h2-3,6-7,14H,4-5H2,1H3,(H,15,16). The van der Waals surface area contributed by atoms with Crippen molar-refractivity contribution < 1.29 is 27.1 Å². The second-order valence-electron chi connectivity index (χ2n) is 3.98. The molecule has 1 atom stereocenters. The minimum atomic E-state index is -3.79. The van der Waals surface area contributed by atoms with Crippen LogP contribution in [0.5, 0.6) is 0 Å². The molecule has 1 aromatic carbocycles. The zero-order valence-corrected chi connectivity index (χ0v) is 10.9. The Balaban J connectivity index is 2.75. The van der Waals surface area contributed by atoms with E-state index in [9.17, 15) is 22.0 Å². The van der Waals surface area contributed by atoms with Gasteiger partial charge in [0.15, 0.2) is 11.6 Å².